The van der Waals surface area contributed by atoms with Crippen LogP contribution in [0.25, 0.3) is 10.9 Å². The molecule has 1 aliphatic rings. The summed E-state index contributed by atoms with van der Waals surface area (Å²) in [5, 5.41) is 1.29. The molecule has 0 amide bonds. The second-order valence-corrected chi connectivity index (χ2v) is 6.42. The maximum Gasteiger partial charge on any atom is 0.0708 e. The minimum Gasteiger partial charge on any atom is -0.296 e. The smallest absolute Gasteiger partial charge is 0.0708 e. The first-order valence-corrected chi connectivity index (χ1v) is 8.46. The van der Waals surface area contributed by atoms with Gasteiger partial charge in [-0.15, -0.1) is 11.6 Å². The monoisotopic (exact) mass is 302 g/mol. The first-order valence-electron chi connectivity index (χ1n) is 7.93. The zero-order chi connectivity index (χ0) is 14.7. The van der Waals surface area contributed by atoms with Crippen LogP contribution in [0, 0.1) is 6.92 Å². The van der Waals surface area contributed by atoms with E-state index < -0.39 is 0 Å². The minimum atomic E-state index is 0.642. The van der Waals surface area contributed by atoms with Crippen molar-refractivity contribution in [2.75, 3.05) is 12.4 Å². The van der Waals surface area contributed by atoms with Crippen LogP contribution in [0.3, 0.4) is 0 Å². The average molecular weight is 303 g/mol. The zero-order valence-electron chi connectivity index (χ0n) is 12.7. The molecule has 0 bridgehead atoms. The van der Waals surface area contributed by atoms with E-state index >= 15 is 0 Å². The normalized spacial score (nSPS) is 20.0. The van der Waals surface area contributed by atoms with Crippen molar-refractivity contribution in [2.24, 2.45) is 0 Å². The van der Waals surface area contributed by atoms with Crippen LogP contribution in [-0.2, 0) is 6.54 Å². The second kappa shape index (κ2) is 6.76. The van der Waals surface area contributed by atoms with Crippen molar-refractivity contribution in [3.63, 3.8) is 0 Å². The van der Waals surface area contributed by atoms with Crippen molar-refractivity contribution < 1.29 is 0 Å². The molecule has 1 unspecified atom stereocenters. The van der Waals surface area contributed by atoms with E-state index in [1.807, 2.05) is 0 Å². The maximum absolute atomic E-state index is 5.99. The summed E-state index contributed by atoms with van der Waals surface area (Å²) >= 11 is 5.99. The first-order chi connectivity index (χ1) is 10.3. The number of pyridine rings is 1. The molecule has 21 heavy (non-hydrogen) atoms. The number of halogens is 1. The van der Waals surface area contributed by atoms with E-state index in [9.17, 15) is 0 Å². The summed E-state index contributed by atoms with van der Waals surface area (Å²) in [5.74, 6) is 0.761. The van der Waals surface area contributed by atoms with Crippen molar-refractivity contribution in [1.29, 1.82) is 0 Å². The number of nitrogens with zero attached hydrogens (tertiary/aromatic N) is 2. The van der Waals surface area contributed by atoms with Gasteiger partial charge < -0.3 is 0 Å². The molecule has 0 aliphatic carbocycles. The molecule has 112 valence electrons. The lowest BCUT2D eigenvalue weighted by molar-refractivity contribution is 0.137. The van der Waals surface area contributed by atoms with Crippen molar-refractivity contribution >= 4 is 22.5 Å². The number of piperidine rings is 1. The van der Waals surface area contributed by atoms with Crippen molar-refractivity contribution in [3.05, 3.63) is 41.6 Å². The molecular formula is C18H23ClN2. The van der Waals surface area contributed by atoms with E-state index in [2.05, 4.69) is 47.1 Å². The Balaban J connectivity index is 1.89. The zero-order valence-corrected chi connectivity index (χ0v) is 13.4. The van der Waals surface area contributed by atoms with Gasteiger partial charge in [0.15, 0.2) is 0 Å². The number of hydrogen-bond donors (Lipinski definition) is 0. The Morgan fingerprint density at radius 2 is 2.14 bits per heavy atom. The molecule has 1 fully saturated rings. The lowest BCUT2D eigenvalue weighted by Crippen LogP contribution is -2.39. The Hall–Kier alpha value is -1.12. The number of hydrogen-bond acceptors (Lipinski definition) is 2. The van der Waals surface area contributed by atoms with Crippen molar-refractivity contribution in [2.45, 2.75) is 45.2 Å². The van der Waals surface area contributed by atoms with Gasteiger partial charge in [0.05, 0.1) is 5.52 Å². The summed E-state index contributed by atoms with van der Waals surface area (Å²) in [6.45, 7) is 4.30. The largest absolute Gasteiger partial charge is 0.296 e. The lowest BCUT2D eigenvalue weighted by Gasteiger charge is -2.35. The molecule has 0 saturated carbocycles. The average Bonchev–Trinajstić information content (AvgIpc) is 2.49. The van der Waals surface area contributed by atoms with E-state index in [1.54, 1.807) is 0 Å². The van der Waals surface area contributed by atoms with Crippen molar-refractivity contribution in [1.82, 2.24) is 9.88 Å². The third-order valence-electron chi connectivity index (χ3n) is 4.49. The summed E-state index contributed by atoms with van der Waals surface area (Å²) in [7, 11) is 0. The summed E-state index contributed by atoms with van der Waals surface area (Å²) in [5.41, 5.74) is 3.62. The van der Waals surface area contributed by atoms with Gasteiger partial charge in [0.25, 0.3) is 0 Å². The van der Waals surface area contributed by atoms with Crippen LogP contribution in [0.5, 0.6) is 0 Å². The van der Waals surface area contributed by atoms with Crippen LogP contribution in [0.1, 0.15) is 36.9 Å². The van der Waals surface area contributed by atoms with Gasteiger partial charge in [0.1, 0.15) is 0 Å². The highest BCUT2D eigenvalue weighted by atomic mass is 35.5. The van der Waals surface area contributed by atoms with Gasteiger partial charge in [-0.3, -0.25) is 9.88 Å². The first kappa shape index (κ1) is 14.8. The Kier molecular flexibility index (Phi) is 4.77. The molecule has 1 atom stereocenters. The molecule has 1 aromatic heterocycles. The molecule has 1 aliphatic heterocycles. The fourth-order valence-corrected chi connectivity index (χ4v) is 3.72. The SMILES string of the molecule is Cc1cc(CN2CCCCC2CCCl)c2ccccc2n1. The quantitative estimate of drug-likeness (QED) is 0.772. The van der Waals surface area contributed by atoms with Gasteiger partial charge in [-0.25, -0.2) is 0 Å². The topological polar surface area (TPSA) is 16.1 Å². The molecule has 0 spiro atoms. The highest BCUT2D eigenvalue weighted by Crippen LogP contribution is 2.25. The maximum atomic E-state index is 5.99. The number of para-hydroxylation sites is 1. The molecule has 3 rings (SSSR count). The standard InChI is InChI=1S/C18H23ClN2/c1-14-12-15(17-7-2-3-8-18(17)20-14)13-21-11-5-4-6-16(21)9-10-19/h2-3,7-8,12,16H,4-6,9-11,13H2,1H3. The summed E-state index contributed by atoms with van der Waals surface area (Å²) in [4.78, 5) is 7.26. The number of benzene rings is 1. The van der Waals surface area contributed by atoms with E-state index in [4.69, 9.17) is 11.6 Å². The van der Waals surface area contributed by atoms with E-state index in [0.29, 0.717) is 6.04 Å². The highest BCUT2D eigenvalue weighted by Gasteiger charge is 2.22. The fourth-order valence-electron chi connectivity index (χ4n) is 3.47. The van der Waals surface area contributed by atoms with Crippen LogP contribution in [0.15, 0.2) is 30.3 Å². The molecule has 2 nitrogen and oxygen atoms in total. The van der Waals surface area contributed by atoms with E-state index in [0.717, 1.165) is 30.1 Å². The predicted molar refractivity (Wildman–Crippen MR) is 89.9 cm³/mol. The summed E-state index contributed by atoms with van der Waals surface area (Å²) < 4.78 is 0. The van der Waals surface area contributed by atoms with Crippen LogP contribution < -0.4 is 0 Å². The van der Waals surface area contributed by atoms with Crippen LogP contribution in [0.2, 0.25) is 0 Å². The second-order valence-electron chi connectivity index (χ2n) is 6.04. The molecule has 1 aromatic carbocycles. The predicted octanol–water partition coefficient (Wildman–Crippen LogP) is 4.53. The Morgan fingerprint density at radius 1 is 1.29 bits per heavy atom. The van der Waals surface area contributed by atoms with Crippen molar-refractivity contribution in [3.8, 4) is 0 Å². The van der Waals surface area contributed by atoms with Crippen LogP contribution in [-0.4, -0.2) is 28.4 Å². The highest BCUT2D eigenvalue weighted by molar-refractivity contribution is 6.17. The van der Waals surface area contributed by atoms with Gasteiger partial charge >= 0.3 is 0 Å². The van der Waals surface area contributed by atoms with Crippen LogP contribution in [0.4, 0.5) is 0 Å². The number of fused-ring (bicyclic) bond motifs is 1. The fraction of sp³-hybridized carbons (Fsp3) is 0.500. The number of rotatable bonds is 4. The lowest BCUT2D eigenvalue weighted by atomic mass is 9.98. The number of likely N-dealkylation sites (tertiary alicyclic amines) is 1. The van der Waals surface area contributed by atoms with E-state index in [-0.39, 0.29) is 0 Å². The van der Waals surface area contributed by atoms with Crippen LogP contribution >= 0.6 is 11.6 Å². The number of aryl methyl sites for hydroxylation is 1. The molecule has 3 heteroatoms. The van der Waals surface area contributed by atoms with Gasteiger partial charge in [0, 0.05) is 29.5 Å². The Morgan fingerprint density at radius 3 is 3.00 bits per heavy atom. The number of alkyl halides is 1. The number of aromatic nitrogens is 1. The molecule has 2 heterocycles. The van der Waals surface area contributed by atoms with Gasteiger partial charge in [-0.1, -0.05) is 24.6 Å². The Bertz CT molecular complexity index is 609. The molecule has 0 radical (unpaired) electrons. The third kappa shape index (κ3) is 3.38. The molecule has 1 saturated heterocycles. The molecule has 2 aromatic rings. The molecule has 0 N–H and O–H groups in total. The third-order valence-corrected chi connectivity index (χ3v) is 4.71. The van der Waals surface area contributed by atoms with Gasteiger partial charge in [-0.2, -0.15) is 0 Å². The Labute approximate surface area is 132 Å². The van der Waals surface area contributed by atoms with Gasteiger partial charge in [0.2, 0.25) is 0 Å². The summed E-state index contributed by atoms with van der Waals surface area (Å²) in [6.07, 6.45) is 5.03. The van der Waals surface area contributed by atoms with Gasteiger partial charge in [-0.05, 0) is 50.4 Å². The summed E-state index contributed by atoms with van der Waals surface area (Å²) in [6, 6.07) is 11.4. The minimum absolute atomic E-state index is 0.642. The van der Waals surface area contributed by atoms with E-state index in [1.165, 1.54) is 36.8 Å². The molecular weight excluding hydrogens is 280 g/mol.